The van der Waals surface area contributed by atoms with Crippen molar-refractivity contribution in [1.82, 2.24) is 0 Å². The number of fused-ring (bicyclic) bond motifs is 1. The first-order chi connectivity index (χ1) is 9.13. The second-order valence-electron chi connectivity index (χ2n) is 6.06. The van der Waals surface area contributed by atoms with Crippen LogP contribution in [0, 0.1) is 0 Å². The maximum atomic E-state index is 12.4. The summed E-state index contributed by atoms with van der Waals surface area (Å²) in [5, 5.41) is 10.7. The Morgan fingerprint density at radius 1 is 1.26 bits per heavy atom. The molecule has 1 unspecified atom stereocenters. The summed E-state index contributed by atoms with van der Waals surface area (Å²) in [7, 11) is 2.13. The minimum absolute atomic E-state index is 0.0525. The molecule has 4 atom stereocenters. The highest BCUT2D eigenvalue weighted by Crippen LogP contribution is 2.34. The van der Waals surface area contributed by atoms with Gasteiger partial charge in [0.15, 0.2) is 11.4 Å². The summed E-state index contributed by atoms with van der Waals surface area (Å²) in [6.45, 7) is 0. The lowest BCUT2D eigenvalue weighted by Crippen LogP contribution is -3.17. The zero-order valence-electron chi connectivity index (χ0n) is 11.4. The van der Waals surface area contributed by atoms with E-state index in [-0.39, 0.29) is 17.9 Å². The Morgan fingerprint density at radius 3 is 2.74 bits per heavy atom. The number of nitrogens with one attached hydrogen (secondary N) is 1. The lowest BCUT2D eigenvalue weighted by atomic mass is 9.71. The maximum Gasteiger partial charge on any atom is 0.176 e. The monoisotopic (exact) mass is 260 g/mol. The number of piperidine rings is 1. The van der Waals surface area contributed by atoms with Crippen molar-refractivity contribution in [3.63, 3.8) is 0 Å². The highest BCUT2D eigenvalue weighted by Gasteiger charge is 2.55. The molecule has 102 valence electrons. The molecule has 2 aliphatic rings. The van der Waals surface area contributed by atoms with Crippen molar-refractivity contribution in [2.45, 2.75) is 49.8 Å². The summed E-state index contributed by atoms with van der Waals surface area (Å²) in [4.78, 5) is 13.7. The molecule has 1 saturated carbocycles. The Balaban J connectivity index is 1.93. The highest BCUT2D eigenvalue weighted by molar-refractivity contribution is 5.89. The maximum absolute atomic E-state index is 12.4. The molecule has 1 heterocycles. The second-order valence-corrected chi connectivity index (χ2v) is 6.06. The van der Waals surface area contributed by atoms with Crippen LogP contribution in [0.15, 0.2) is 30.3 Å². The van der Waals surface area contributed by atoms with Crippen LogP contribution in [0.3, 0.4) is 0 Å². The number of Topliss-reactive ketones (excluding diaryl/α,β-unsaturated/α-hetero) is 1. The third-order valence-electron chi connectivity index (χ3n) is 5.05. The molecule has 0 radical (unpaired) electrons. The van der Waals surface area contributed by atoms with E-state index in [9.17, 15) is 9.90 Å². The van der Waals surface area contributed by atoms with Crippen LogP contribution >= 0.6 is 0 Å². The van der Waals surface area contributed by atoms with Gasteiger partial charge in [0.1, 0.15) is 12.1 Å². The number of rotatable bonds is 1. The van der Waals surface area contributed by atoms with Crippen molar-refractivity contribution in [2.75, 3.05) is 7.05 Å². The molecule has 0 spiro atoms. The normalized spacial score (nSPS) is 38.8. The van der Waals surface area contributed by atoms with E-state index in [1.165, 1.54) is 10.5 Å². The Bertz CT molecular complexity index is 473. The quantitative estimate of drug-likeness (QED) is 0.787. The molecule has 0 amide bonds. The van der Waals surface area contributed by atoms with Crippen LogP contribution in [0.5, 0.6) is 0 Å². The molecule has 19 heavy (non-hydrogen) atoms. The molecule has 3 heteroatoms. The number of likely N-dealkylation sites (N-methyl/N-ethyl adjacent to an activating group) is 1. The van der Waals surface area contributed by atoms with Crippen LogP contribution in [-0.4, -0.2) is 29.6 Å². The van der Waals surface area contributed by atoms with Crippen molar-refractivity contribution >= 4 is 5.78 Å². The molecule has 1 aromatic carbocycles. The number of quaternary nitrogens is 1. The third-order valence-corrected chi connectivity index (χ3v) is 5.05. The van der Waals surface area contributed by atoms with Gasteiger partial charge in [-0.15, -0.1) is 0 Å². The summed E-state index contributed by atoms with van der Waals surface area (Å²) in [6.07, 6.45) is 4.16. The average Bonchev–Trinajstić information content (AvgIpc) is 2.44. The van der Waals surface area contributed by atoms with E-state index < -0.39 is 5.60 Å². The van der Waals surface area contributed by atoms with Crippen molar-refractivity contribution in [3.8, 4) is 0 Å². The molecule has 1 aliphatic heterocycles. The van der Waals surface area contributed by atoms with Crippen molar-refractivity contribution in [1.29, 1.82) is 0 Å². The second kappa shape index (κ2) is 4.73. The number of benzene rings is 1. The highest BCUT2D eigenvalue weighted by atomic mass is 16.3. The third kappa shape index (κ3) is 2.01. The number of carbonyl (C=O) groups excluding carboxylic acids is 1. The summed E-state index contributed by atoms with van der Waals surface area (Å²) in [6, 6.07) is 10.5. The molecule has 2 fully saturated rings. The minimum Gasteiger partial charge on any atom is -0.376 e. The van der Waals surface area contributed by atoms with E-state index in [4.69, 9.17) is 0 Å². The van der Waals surface area contributed by atoms with E-state index in [1.807, 2.05) is 18.2 Å². The van der Waals surface area contributed by atoms with Gasteiger partial charge >= 0.3 is 0 Å². The minimum atomic E-state index is -1.06. The fourth-order valence-corrected chi connectivity index (χ4v) is 3.93. The number of aliphatic hydroxyl groups is 1. The number of hydrogen-bond acceptors (Lipinski definition) is 2. The van der Waals surface area contributed by atoms with Crippen LogP contribution < -0.4 is 4.90 Å². The lowest BCUT2D eigenvalue weighted by Gasteiger charge is -2.47. The van der Waals surface area contributed by atoms with Crippen LogP contribution in [0.1, 0.15) is 43.7 Å². The molecule has 3 rings (SSSR count). The molecule has 1 saturated heterocycles. The van der Waals surface area contributed by atoms with Gasteiger partial charge in [-0.05, 0) is 19.3 Å². The van der Waals surface area contributed by atoms with Crippen molar-refractivity contribution in [3.05, 3.63) is 35.9 Å². The SMILES string of the molecule is C[NH+]1[C@@H](c2ccccc2)CC(=O)[C@@]2(O)CCCC[C@@H]12. The summed E-state index contributed by atoms with van der Waals surface area (Å²) in [5.74, 6) is 0.0525. The molecular weight excluding hydrogens is 238 g/mol. The largest absolute Gasteiger partial charge is 0.376 e. The molecule has 0 bridgehead atoms. The predicted octanol–water partition coefficient (Wildman–Crippen LogP) is 0.889. The van der Waals surface area contributed by atoms with Gasteiger partial charge in [0.05, 0.1) is 13.5 Å². The van der Waals surface area contributed by atoms with Gasteiger partial charge in [0, 0.05) is 12.0 Å². The molecule has 0 aromatic heterocycles. The van der Waals surface area contributed by atoms with Gasteiger partial charge < -0.3 is 10.0 Å². The van der Waals surface area contributed by atoms with Gasteiger partial charge in [-0.2, -0.15) is 0 Å². The van der Waals surface area contributed by atoms with Crippen LogP contribution in [0.25, 0.3) is 0 Å². The zero-order chi connectivity index (χ0) is 13.5. The van der Waals surface area contributed by atoms with Crippen molar-refractivity contribution in [2.24, 2.45) is 0 Å². The molecule has 2 N–H and O–H groups in total. The predicted molar refractivity (Wildman–Crippen MR) is 72.9 cm³/mol. The first kappa shape index (κ1) is 12.8. The number of likely N-dealkylation sites (tertiary alicyclic amines) is 1. The van der Waals surface area contributed by atoms with Crippen molar-refractivity contribution < 1.29 is 14.8 Å². The molecule has 1 aromatic rings. The molecule has 1 aliphatic carbocycles. The van der Waals surface area contributed by atoms with Gasteiger partial charge in [-0.1, -0.05) is 30.3 Å². The number of carbonyl (C=O) groups is 1. The summed E-state index contributed by atoms with van der Waals surface area (Å²) < 4.78 is 0. The fraction of sp³-hybridized carbons (Fsp3) is 0.562. The Morgan fingerprint density at radius 2 is 2.00 bits per heavy atom. The lowest BCUT2D eigenvalue weighted by molar-refractivity contribution is -0.947. The van der Waals surface area contributed by atoms with Gasteiger partial charge in [0.25, 0.3) is 0 Å². The first-order valence-corrected chi connectivity index (χ1v) is 7.27. The van der Waals surface area contributed by atoms with E-state index in [2.05, 4.69) is 19.2 Å². The van der Waals surface area contributed by atoms with E-state index in [0.29, 0.717) is 12.8 Å². The Kier molecular flexibility index (Phi) is 3.19. The summed E-state index contributed by atoms with van der Waals surface area (Å²) >= 11 is 0. The van der Waals surface area contributed by atoms with Gasteiger partial charge in [-0.25, -0.2) is 0 Å². The van der Waals surface area contributed by atoms with E-state index in [1.54, 1.807) is 0 Å². The van der Waals surface area contributed by atoms with Crippen LogP contribution in [0.4, 0.5) is 0 Å². The number of ketones is 1. The van der Waals surface area contributed by atoms with E-state index >= 15 is 0 Å². The number of hydrogen-bond donors (Lipinski definition) is 2. The molecule has 3 nitrogen and oxygen atoms in total. The first-order valence-electron chi connectivity index (χ1n) is 7.27. The van der Waals surface area contributed by atoms with Crippen LogP contribution in [-0.2, 0) is 4.79 Å². The standard InChI is InChI=1S/C16H21NO2/c1-17-13(12-7-3-2-4-8-12)11-15(18)16(19)10-6-5-9-14(16)17/h2-4,7-8,13-14,19H,5-6,9-11H2,1H3/p+1/t13-,14-,16-/m1/s1. The van der Waals surface area contributed by atoms with Crippen LogP contribution in [0.2, 0.25) is 0 Å². The zero-order valence-corrected chi connectivity index (χ0v) is 11.4. The van der Waals surface area contributed by atoms with Gasteiger partial charge in [0.2, 0.25) is 0 Å². The fourth-order valence-electron chi connectivity index (χ4n) is 3.93. The van der Waals surface area contributed by atoms with E-state index in [0.717, 1.165) is 19.3 Å². The van der Waals surface area contributed by atoms with Gasteiger partial charge in [-0.3, -0.25) is 4.79 Å². The topological polar surface area (TPSA) is 41.7 Å². The smallest absolute Gasteiger partial charge is 0.176 e. The summed E-state index contributed by atoms with van der Waals surface area (Å²) in [5.41, 5.74) is 0.147. The average molecular weight is 260 g/mol. The Hall–Kier alpha value is -1.19. The molecular formula is C16H22NO2+. The Labute approximate surface area is 114 Å².